The van der Waals surface area contributed by atoms with Crippen molar-refractivity contribution in [2.24, 2.45) is 0 Å². The molecule has 0 spiro atoms. The summed E-state index contributed by atoms with van der Waals surface area (Å²) in [5, 5.41) is 0. The molecule has 7 heteroatoms. The van der Waals surface area contributed by atoms with Crippen molar-refractivity contribution >= 4 is 7.82 Å². The fourth-order valence-corrected chi connectivity index (χ4v) is 2.48. The second kappa shape index (κ2) is 16.6. The van der Waals surface area contributed by atoms with Gasteiger partial charge in [-0.25, -0.2) is 0 Å². The van der Waals surface area contributed by atoms with Gasteiger partial charge in [-0.2, -0.15) is 0 Å². The van der Waals surface area contributed by atoms with Crippen LogP contribution >= 0.6 is 7.82 Å². The molecular weight excluding hydrogens is 318 g/mol. The van der Waals surface area contributed by atoms with Crippen LogP contribution in [0.15, 0.2) is 0 Å². The minimum Gasteiger partial charge on any atom is -0.790 e. The summed E-state index contributed by atoms with van der Waals surface area (Å²) in [5.41, 5.74) is 0. The Hall–Kier alpha value is 1.71. The van der Waals surface area contributed by atoms with E-state index in [0.717, 1.165) is 12.8 Å². The van der Waals surface area contributed by atoms with Crippen LogP contribution in [0.4, 0.5) is 0 Å². The molecule has 0 aromatic heterocycles. The molecule has 5 nitrogen and oxygen atoms in total. The molecule has 0 heterocycles. The summed E-state index contributed by atoms with van der Waals surface area (Å²) >= 11 is 0. The van der Waals surface area contributed by atoms with Crippen LogP contribution in [0, 0.1) is 0 Å². The Morgan fingerprint density at radius 1 is 0.905 bits per heavy atom. The van der Waals surface area contributed by atoms with Gasteiger partial charge in [-0.05, 0) is 13.3 Å². The predicted molar refractivity (Wildman–Crippen MR) is 75.9 cm³/mol. The first kappa shape index (κ1) is 25.0. The van der Waals surface area contributed by atoms with Gasteiger partial charge >= 0.3 is 51.4 Å². The molecule has 0 bridgehead atoms. The molecule has 0 saturated carbocycles. The average Bonchev–Trinajstić information content (AvgIpc) is 2.34. The number of phosphoric ester groups is 1. The summed E-state index contributed by atoms with van der Waals surface area (Å²) in [6, 6.07) is 0. The summed E-state index contributed by atoms with van der Waals surface area (Å²) < 4.78 is 19.6. The Labute approximate surface area is 172 Å². The third-order valence-electron chi connectivity index (χ3n) is 3.13. The van der Waals surface area contributed by atoms with Gasteiger partial charge in [0, 0.05) is 6.61 Å². The van der Waals surface area contributed by atoms with Crippen molar-refractivity contribution in [2.75, 3.05) is 6.61 Å². The molecule has 0 aliphatic heterocycles. The van der Waals surface area contributed by atoms with Gasteiger partial charge in [0.2, 0.25) is 0 Å². The van der Waals surface area contributed by atoms with Gasteiger partial charge < -0.3 is 23.6 Å². The summed E-state index contributed by atoms with van der Waals surface area (Å²) in [6.45, 7) is 4.07. The third-order valence-corrected chi connectivity index (χ3v) is 3.68. The van der Waals surface area contributed by atoms with Crippen LogP contribution < -0.4 is 61.2 Å². The van der Waals surface area contributed by atoms with Crippen LogP contribution in [0.25, 0.3) is 0 Å². The van der Waals surface area contributed by atoms with E-state index in [1.165, 1.54) is 58.3 Å². The molecule has 0 fully saturated rings. The molecule has 21 heavy (non-hydrogen) atoms. The zero-order chi connectivity index (χ0) is 15.3. The molecule has 0 aromatic carbocycles. The van der Waals surface area contributed by atoms with E-state index < -0.39 is 14.1 Å². The molecule has 122 valence electrons. The van der Waals surface area contributed by atoms with Gasteiger partial charge in [-0.15, -0.1) is 0 Å². The Balaban J connectivity index is 0. The van der Waals surface area contributed by atoms with Gasteiger partial charge in [-0.1, -0.05) is 64.7 Å². The van der Waals surface area contributed by atoms with Crippen molar-refractivity contribution in [1.82, 2.24) is 0 Å². The molecular formula is C14H29KO5P-. The van der Waals surface area contributed by atoms with Crippen molar-refractivity contribution in [1.29, 1.82) is 0 Å². The second-order valence-corrected chi connectivity index (χ2v) is 6.28. The van der Waals surface area contributed by atoms with Crippen molar-refractivity contribution in [3.05, 3.63) is 0 Å². The first-order valence-electron chi connectivity index (χ1n) is 7.77. The van der Waals surface area contributed by atoms with Crippen molar-refractivity contribution in [2.45, 2.75) is 84.3 Å². The van der Waals surface area contributed by atoms with Crippen molar-refractivity contribution in [3.63, 3.8) is 0 Å². The first-order valence-corrected chi connectivity index (χ1v) is 9.24. The number of hydrogen-bond acceptors (Lipinski definition) is 5. The molecule has 0 aliphatic carbocycles. The topological polar surface area (TPSA) is 81.7 Å². The number of phosphoric acid groups is 1. The molecule has 0 aliphatic rings. The van der Waals surface area contributed by atoms with Crippen LogP contribution in [0.5, 0.6) is 0 Å². The fraction of sp³-hybridized carbons (Fsp3) is 1.00. The van der Waals surface area contributed by atoms with E-state index in [1.807, 2.05) is 0 Å². The fourth-order valence-electron chi connectivity index (χ4n) is 2.05. The standard InChI is InChI=1S/C14H31O5P.K/c1-3-4-5-6-7-8-9-10-11-12-13-18-14(2)19-20(15,16)17;/h14H,3-13H2,1-2H3,(H2,15,16,17);/q;+1/p-2. The largest absolute Gasteiger partial charge is 1.00 e. The van der Waals surface area contributed by atoms with Crippen molar-refractivity contribution in [3.8, 4) is 0 Å². The molecule has 1 atom stereocenters. The maximum Gasteiger partial charge on any atom is 1.00 e. The minimum absolute atomic E-state index is 0. The normalized spacial score (nSPS) is 13.0. The van der Waals surface area contributed by atoms with Crippen LogP contribution in [-0.4, -0.2) is 12.9 Å². The zero-order valence-electron chi connectivity index (χ0n) is 13.8. The molecule has 0 radical (unpaired) electrons. The molecule has 0 N–H and O–H groups in total. The van der Waals surface area contributed by atoms with E-state index in [9.17, 15) is 14.4 Å². The van der Waals surface area contributed by atoms with Gasteiger partial charge in [-0.3, -0.25) is 0 Å². The van der Waals surface area contributed by atoms with E-state index in [4.69, 9.17) is 4.74 Å². The van der Waals surface area contributed by atoms with Crippen LogP contribution in [0.1, 0.15) is 78.1 Å². The SMILES string of the molecule is CCCCCCCCCCCCOC(C)OP(=O)([O-])[O-].[K+]. The van der Waals surface area contributed by atoms with Gasteiger partial charge in [0.15, 0.2) is 6.29 Å². The second-order valence-electron chi connectivity index (χ2n) is 5.17. The Morgan fingerprint density at radius 3 is 1.76 bits per heavy atom. The van der Waals surface area contributed by atoms with Crippen LogP contribution in [0.2, 0.25) is 0 Å². The quantitative estimate of drug-likeness (QED) is 0.193. The van der Waals surface area contributed by atoms with Crippen molar-refractivity contribution < 1.29 is 75.0 Å². The average molecular weight is 347 g/mol. The van der Waals surface area contributed by atoms with E-state index >= 15 is 0 Å². The Kier molecular flexibility index (Phi) is 19.7. The van der Waals surface area contributed by atoms with E-state index in [0.29, 0.717) is 6.61 Å². The van der Waals surface area contributed by atoms with E-state index in [-0.39, 0.29) is 51.4 Å². The smallest absolute Gasteiger partial charge is 0.790 e. The first-order chi connectivity index (χ1) is 9.45. The number of rotatable bonds is 14. The molecule has 0 rings (SSSR count). The number of unbranched alkanes of at least 4 members (excludes halogenated alkanes) is 9. The van der Waals surface area contributed by atoms with E-state index in [1.54, 1.807) is 0 Å². The maximum absolute atomic E-state index is 10.3. The van der Waals surface area contributed by atoms with Gasteiger partial charge in [0.05, 0.1) is 7.82 Å². The summed E-state index contributed by atoms with van der Waals surface area (Å²) in [7, 11) is -4.93. The Bertz CT molecular complexity index is 260. The minimum atomic E-state index is -4.93. The third kappa shape index (κ3) is 21.7. The molecule has 1 unspecified atom stereocenters. The van der Waals surface area contributed by atoms with Crippen LogP contribution in [-0.2, 0) is 13.8 Å². The van der Waals surface area contributed by atoms with E-state index in [2.05, 4.69) is 11.4 Å². The monoisotopic (exact) mass is 347 g/mol. The zero-order valence-corrected chi connectivity index (χ0v) is 17.9. The Morgan fingerprint density at radius 2 is 1.33 bits per heavy atom. The number of ether oxygens (including phenoxy) is 1. The maximum atomic E-state index is 10.3. The summed E-state index contributed by atoms with van der Waals surface area (Å²) in [5.74, 6) is 0. The molecule has 0 aromatic rings. The predicted octanol–water partition coefficient (Wildman–Crippen LogP) is 0.119. The number of hydrogen-bond donors (Lipinski definition) is 0. The van der Waals surface area contributed by atoms with Crippen LogP contribution in [0.3, 0.4) is 0 Å². The molecule has 0 saturated heterocycles. The van der Waals surface area contributed by atoms with Gasteiger partial charge in [0.25, 0.3) is 0 Å². The summed E-state index contributed by atoms with van der Waals surface area (Å²) in [6.07, 6.45) is 11.3. The van der Waals surface area contributed by atoms with Gasteiger partial charge in [0.1, 0.15) is 0 Å². The summed E-state index contributed by atoms with van der Waals surface area (Å²) in [4.78, 5) is 20.6. The molecule has 0 amide bonds.